The molecule has 54 valence electrons. The van der Waals surface area contributed by atoms with Crippen LogP contribution in [0, 0.1) is 0 Å². The molecule has 0 saturated heterocycles. The molecule has 0 aliphatic rings. The monoisotopic (exact) mass is 127 g/mol. The maximum atomic E-state index is 3.82. The molecule has 0 aromatic carbocycles. The first-order valence-electron chi connectivity index (χ1n) is 3.62. The van der Waals surface area contributed by atoms with E-state index in [1.54, 1.807) is 0 Å². The minimum absolute atomic E-state index is 1.08. The van der Waals surface area contributed by atoms with Crippen LogP contribution in [-0.4, -0.2) is 13.1 Å². The highest BCUT2D eigenvalue weighted by Crippen LogP contribution is 1.97. The molecule has 0 radical (unpaired) electrons. The van der Waals surface area contributed by atoms with Crippen LogP contribution >= 0.6 is 0 Å². The van der Waals surface area contributed by atoms with Crippen LogP contribution in [0.3, 0.4) is 0 Å². The Kier molecular flexibility index (Phi) is 5.64. The lowest BCUT2D eigenvalue weighted by atomic mass is 10.2. The molecule has 1 heteroatoms. The second kappa shape index (κ2) is 5.83. The lowest BCUT2D eigenvalue weighted by Gasteiger charge is -1.99. The van der Waals surface area contributed by atoms with Gasteiger partial charge in [-0.2, -0.15) is 0 Å². The van der Waals surface area contributed by atoms with Gasteiger partial charge in [0.25, 0.3) is 0 Å². The minimum atomic E-state index is 1.08. The highest BCUT2D eigenvalue weighted by molar-refractivity contribution is 4.87. The van der Waals surface area contributed by atoms with Crippen LogP contribution in [0.2, 0.25) is 0 Å². The normalized spacial score (nSPS) is 9.56. The molecule has 0 amide bonds. The van der Waals surface area contributed by atoms with Crippen LogP contribution in [0.15, 0.2) is 12.2 Å². The van der Waals surface area contributed by atoms with Crippen LogP contribution in [-0.2, 0) is 0 Å². The first-order valence-corrected chi connectivity index (χ1v) is 3.62. The molecular weight excluding hydrogens is 110 g/mol. The average Bonchev–Trinajstić information content (AvgIpc) is 1.80. The van der Waals surface area contributed by atoms with E-state index in [2.05, 4.69) is 25.7 Å². The van der Waals surface area contributed by atoms with Gasteiger partial charge in [-0.25, -0.2) is 0 Å². The molecule has 0 spiro atoms. The van der Waals surface area contributed by atoms with E-state index in [0.29, 0.717) is 0 Å². The largest absolute Gasteiger partial charge is 0.317 e. The van der Waals surface area contributed by atoms with Crippen molar-refractivity contribution in [3.63, 3.8) is 0 Å². The molecule has 0 bridgehead atoms. The third-order valence-electron chi connectivity index (χ3n) is 1.21. The van der Waals surface area contributed by atoms with Gasteiger partial charge in [-0.3, -0.25) is 0 Å². The summed E-state index contributed by atoms with van der Waals surface area (Å²) in [5, 5.41) is 3.26. The van der Waals surface area contributed by atoms with Gasteiger partial charge in [-0.15, -0.1) is 6.58 Å². The van der Waals surface area contributed by atoms with Crippen molar-refractivity contribution in [1.29, 1.82) is 0 Å². The smallest absolute Gasteiger partial charge is 0.00460 e. The number of nitrogens with one attached hydrogen (secondary N) is 1. The molecule has 0 unspecified atom stereocenters. The summed E-state index contributed by atoms with van der Waals surface area (Å²) in [6.07, 6.45) is 2.39. The quantitative estimate of drug-likeness (QED) is 0.439. The third kappa shape index (κ3) is 7.70. The van der Waals surface area contributed by atoms with Crippen molar-refractivity contribution in [2.24, 2.45) is 0 Å². The van der Waals surface area contributed by atoms with E-state index in [9.17, 15) is 0 Å². The first kappa shape index (κ1) is 8.70. The Morgan fingerprint density at radius 3 is 2.67 bits per heavy atom. The van der Waals surface area contributed by atoms with E-state index >= 15 is 0 Å². The van der Waals surface area contributed by atoms with E-state index in [-0.39, 0.29) is 0 Å². The second-order valence-corrected chi connectivity index (χ2v) is 2.41. The van der Waals surface area contributed by atoms with Crippen molar-refractivity contribution >= 4 is 0 Å². The maximum Gasteiger partial charge on any atom is -0.00460 e. The summed E-state index contributed by atoms with van der Waals surface area (Å²) < 4.78 is 0. The molecule has 1 nitrogen and oxygen atoms in total. The number of allylic oxidation sites excluding steroid dienone is 1. The molecule has 0 heterocycles. The fraction of sp³-hybridized carbons (Fsp3) is 0.750. The van der Waals surface area contributed by atoms with Gasteiger partial charge >= 0.3 is 0 Å². The van der Waals surface area contributed by atoms with E-state index in [1.165, 1.54) is 12.0 Å². The Balaban J connectivity index is 2.83. The van der Waals surface area contributed by atoms with Crippen LogP contribution in [0.1, 0.15) is 26.7 Å². The lowest BCUT2D eigenvalue weighted by molar-refractivity contribution is 0.671. The molecule has 0 aliphatic heterocycles. The van der Waals surface area contributed by atoms with E-state index in [1.807, 2.05) is 0 Å². The summed E-state index contributed by atoms with van der Waals surface area (Å²) in [5.41, 5.74) is 1.29. The summed E-state index contributed by atoms with van der Waals surface area (Å²) in [4.78, 5) is 0. The van der Waals surface area contributed by atoms with E-state index < -0.39 is 0 Å². The third-order valence-corrected chi connectivity index (χ3v) is 1.21. The summed E-state index contributed by atoms with van der Waals surface area (Å²) >= 11 is 0. The number of hydrogen-bond acceptors (Lipinski definition) is 1. The van der Waals surface area contributed by atoms with Gasteiger partial charge in [-0.1, -0.05) is 12.5 Å². The summed E-state index contributed by atoms with van der Waals surface area (Å²) in [5.74, 6) is 0. The van der Waals surface area contributed by atoms with Crippen molar-refractivity contribution < 1.29 is 0 Å². The zero-order chi connectivity index (χ0) is 7.11. The van der Waals surface area contributed by atoms with Gasteiger partial charge in [0.2, 0.25) is 0 Å². The minimum Gasteiger partial charge on any atom is -0.317 e. The first-order chi connectivity index (χ1) is 4.27. The van der Waals surface area contributed by atoms with E-state index in [4.69, 9.17) is 0 Å². The van der Waals surface area contributed by atoms with Crippen LogP contribution < -0.4 is 5.32 Å². The standard InChI is InChI=1S/C8H17N/c1-4-9-7-5-6-8(2)3/h9H,2,4-7H2,1,3H3. The topological polar surface area (TPSA) is 12.0 Å². The molecule has 9 heavy (non-hydrogen) atoms. The second-order valence-electron chi connectivity index (χ2n) is 2.41. The number of rotatable bonds is 5. The molecule has 0 aliphatic carbocycles. The SMILES string of the molecule is C=C(C)CCCNCC. The molecule has 0 atom stereocenters. The fourth-order valence-electron chi connectivity index (χ4n) is 0.692. The molecule has 0 rings (SSSR count). The predicted octanol–water partition coefficient (Wildman–Crippen LogP) is 1.95. The molecule has 0 saturated carbocycles. The van der Waals surface area contributed by atoms with Gasteiger partial charge in [0.05, 0.1) is 0 Å². The average molecular weight is 127 g/mol. The highest BCUT2D eigenvalue weighted by atomic mass is 14.8. The van der Waals surface area contributed by atoms with Gasteiger partial charge in [0.15, 0.2) is 0 Å². The lowest BCUT2D eigenvalue weighted by Crippen LogP contribution is -2.13. The highest BCUT2D eigenvalue weighted by Gasteiger charge is 1.85. The Hall–Kier alpha value is -0.300. The van der Waals surface area contributed by atoms with Gasteiger partial charge < -0.3 is 5.32 Å². The van der Waals surface area contributed by atoms with Crippen molar-refractivity contribution in [1.82, 2.24) is 5.32 Å². The Morgan fingerprint density at radius 1 is 1.56 bits per heavy atom. The Labute approximate surface area is 58.2 Å². The van der Waals surface area contributed by atoms with Crippen molar-refractivity contribution in [2.75, 3.05) is 13.1 Å². The van der Waals surface area contributed by atoms with Gasteiger partial charge in [-0.05, 0) is 32.9 Å². The van der Waals surface area contributed by atoms with Gasteiger partial charge in [0.1, 0.15) is 0 Å². The molecule has 1 N–H and O–H groups in total. The van der Waals surface area contributed by atoms with Crippen LogP contribution in [0.5, 0.6) is 0 Å². The van der Waals surface area contributed by atoms with Gasteiger partial charge in [0, 0.05) is 0 Å². The maximum absolute atomic E-state index is 3.82. The summed E-state index contributed by atoms with van der Waals surface area (Å²) in [6, 6.07) is 0. The molecule has 0 aromatic rings. The summed E-state index contributed by atoms with van der Waals surface area (Å²) in [6.45, 7) is 10.2. The Morgan fingerprint density at radius 2 is 2.22 bits per heavy atom. The molecule has 0 fully saturated rings. The molecular formula is C8H17N. The van der Waals surface area contributed by atoms with Crippen molar-refractivity contribution in [3.05, 3.63) is 12.2 Å². The predicted molar refractivity (Wildman–Crippen MR) is 42.6 cm³/mol. The number of hydrogen-bond donors (Lipinski definition) is 1. The molecule has 0 aromatic heterocycles. The zero-order valence-electron chi connectivity index (χ0n) is 6.54. The van der Waals surface area contributed by atoms with Crippen molar-refractivity contribution in [2.45, 2.75) is 26.7 Å². The van der Waals surface area contributed by atoms with E-state index in [0.717, 1.165) is 19.5 Å². The zero-order valence-corrected chi connectivity index (χ0v) is 6.54. The van der Waals surface area contributed by atoms with Crippen LogP contribution in [0.4, 0.5) is 0 Å². The Bertz CT molecular complexity index is 76.6. The van der Waals surface area contributed by atoms with Crippen LogP contribution in [0.25, 0.3) is 0 Å². The van der Waals surface area contributed by atoms with Crippen molar-refractivity contribution in [3.8, 4) is 0 Å². The fourth-order valence-corrected chi connectivity index (χ4v) is 0.692. The summed E-state index contributed by atoms with van der Waals surface area (Å²) in [7, 11) is 0.